The molecule has 5 nitrogen and oxygen atoms in total. The molecule has 6 heteroatoms. The third-order valence-corrected chi connectivity index (χ3v) is 5.58. The Balaban J connectivity index is 2.99. The van der Waals surface area contributed by atoms with Crippen molar-refractivity contribution in [1.29, 1.82) is 0 Å². The van der Waals surface area contributed by atoms with E-state index in [2.05, 4.69) is 18.6 Å². The van der Waals surface area contributed by atoms with Gasteiger partial charge in [-0.25, -0.2) is 13.1 Å². The van der Waals surface area contributed by atoms with Crippen LogP contribution in [0.5, 0.6) is 0 Å². The van der Waals surface area contributed by atoms with E-state index in [1.807, 2.05) is 27.7 Å². The molecule has 0 fully saturated rings. The molecule has 0 amide bonds. The van der Waals surface area contributed by atoms with Gasteiger partial charge in [0.25, 0.3) is 0 Å². The largest absolute Gasteiger partial charge is 0.390 e. The number of aliphatic hydroxyl groups excluding tert-OH is 1. The molecule has 1 heterocycles. The second-order valence-corrected chi connectivity index (χ2v) is 8.56. The first-order valence-corrected chi connectivity index (χ1v) is 8.81. The summed E-state index contributed by atoms with van der Waals surface area (Å²) in [5, 5.41) is 9.34. The zero-order chi connectivity index (χ0) is 16.4. The zero-order valence-corrected chi connectivity index (χ0v) is 14.7. The van der Waals surface area contributed by atoms with Crippen molar-refractivity contribution in [3.63, 3.8) is 0 Å². The first-order chi connectivity index (χ1) is 9.51. The minimum absolute atomic E-state index is 0.100. The molecule has 0 aliphatic rings. The van der Waals surface area contributed by atoms with Crippen LogP contribution in [-0.2, 0) is 16.6 Å². The van der Waals surface area contributed by atoms with E-state index in [1.165, 1.54) is 6.07 Å². The van der Waals surface area contributed by atoms with E-state index in [0.717, 1.165) is 0 Å². The third-order valence-electron chi connectivity index (χ3n) is 4.22. The maximum absolute atomic E-state index is 12.4. The predicted octanol–water partition coefficient (Wildman–Crippen LogP) is 2.52. The number of nitrogens with one attached hydrogen (secondary N) is 1. The molecular weight excluding hydrogens is 288 g/mol. The highest BCUT2D eigenvalue weighted by Gasteiger charge is 2.26. The maximum atomic E-state index is 12.4. The van der Waals surface area contributed by atoms with Crippen LogP contribution in [0.15, 0.2) is 17.2 Å². The lowest BCUT2D eigenvalue weighted by Crippen LogP contribution is -2.36. The van der Waals surface area contributed by atoms with Gasteiger partial charge in [0.2, 0.25) is 10.0 Å². The Kier molecular flexibility index (Phi) is 5.63. The van der Waals surface area contributed by atoms with Crippen LogP contribution in [0.4, 0.5) is 0 Å². The van der Waals surface area contributed by atoms with Crippen molar-refractivity contribution in [3.8, 4) is 0 Å². The number of hydrogen-bond donors (Lipinski definition) is 2. The standard InChI is InChI=1S/C15H28N2O3S/c1-11(2)15(5,6)10-16-21(19,20)14-7-13(9-18)17(8-14)12(3)4/h7-8,11-12,16,18H,9-10H2,1-6H3. The molecule has 21 heavy (non-hydrogen) atoms. The average Bonchev–Trinajstić information content (AvgIpc) is 2.81. The van der Waals surface area contributed by atoms with Crippen LogP contribution >= 0.6 is 0 Å². The maximum Gasteiger partial charge on any atom is 0.242 e. The van der Waals surface area contributed by atoms with Crippen LogP contribution in [0.2, 0.25) is 0 Å². The molecule has 0 saturated heterocycles. The fourth-order valence-corrected chi connectivity index (χ4v) is 3.09. The summed E-state index contributed by atoms with van der Waals surface area (Å²) in [5.74, 6) is 0.369. The van der Waals surface area contributed by atoms with E-state index in [1.54, 1.807) is 10.8 Å². The quantitative estimate of drug-likeness (QED) is 0.812. The van der Waals surface area contributed by atoms with Gasteiger partial charge in [0.15, 0.2) is 0 Å². The molecule has 0 aliphatic heterocycles. The molecule has 0 saturated carbocycles. The summed E-state index contributed by atoms with van der Waals surface area (Å²) >= 11 is 0. The van der Waals surface area contributed by atoms with Gasteiger partial charge in [0.1, 0.15) is 0 Å². The Hall–Kier alpha value is -0.850. The SMILES string of the molecule is CC(C)n1cc(S(=O)(=O)NCC(C)(C)C(C)C)cc1CO. The van der Waals surface area contributed by atoms with Crippen molar-refractivity contribution in [2.75, 3.05) is 6.54 Å². The topological polar surface area (TPSA) is 71.3 Å². The number of sulfonamides is 1. The summed E-state index contributed by atoms with van der Waals surface area (Å²) in [7, 11) is -3.55. The van der Waals surface area contributed by atoms with Gasteiger partial charge in [-0.1, -0.05) is 27.7 Å². The predicted molar refractivity (Wildman–Crippen MR) is 84.5 cm³/mol. The van der Waals surface area contributed by atoms with Gasteiger partial charge in [-0.2, -0.15) is 0 Å². The highest BCUT2D eigenvalue weighted by molar-refractivity contribution is 7.89. The molecule has 1 rings (SSSR count). The minimum atomic E-state index is -3.55. The van der Waals surface area contributed by atoms with Crippen molar-refractivity contribution < 1.29 is 13.5 Å². The van der Waals surface area contributed by atoms with E-state index in [0.29, 0.717) is 18.2 Å². The summed E-state index contributed by atoms with van der Waals surface area (Å²) in [4.78, 5) is 0.208. The Morgan fingerprint density at radius 2 is 1.86 bits per heavy atom. The minimum Gasteiger partial charge on any atom is -0.390 e. The van der Waals surface area contributed by atoms with Crippen LogP contribution in [0, 0.1) is 11.3 Å². The first kappa shape index (κ1) is 18.2. The summed E-state index contributed by atoms with van der Waals surface area (Å²) in [6, 6.07) is 1.63. The van der Waals surface area contributed by atoms with Gasteiger partial charge in [-0.05, 0) is 31.2 Å². The number of hydrogen-bond acceptors (Lipinski definition) is 3. The van der Waals surface area contributed by atoms with Crippen molar-refractivity contribution in [3.05, 3.63) is 18.0 Å². The third kappa shape index (κ3) is 4.31. The molecule has 1 aromatic rings. The molecule has 0 radical (unpaired) electrons. The fraction of sp³-hybridized carbons (Fsp3) is 0.733. The van der Waals surface area contributed by atoms with Gasteiger partial charge in [0.05, 0.1) is 11.5 Å². The molecule has 0 atom stereocenters. The van der Waals surface area contributed by atoms with Gasteiger partial charge >= 0.3 is 0 Å². The van der Waals surface area contributed by atoms with Crippen LogP contribution in [0.1, 0.15) is 53.3 Å². The monoisotopic (exact) mass is 316 g/mol. The molecule has 2 N–H and O–H groups in total. The molecule has 0 spiro atoms. The van der Waals surface area contributed by atoms with Crippen molar-refractivity contribution in [2.24, 2.45) is 11.3 Å². The molecule has 0 unspecified atom stereocenters. The summed E-state index contributed by atoms with van der Waals surface area (Å²) < 4.78 is 29.3. The molecule has 0 aliphatic carbocycles. The van der Waals surface area contributed by atoms with Gasteiger partial charge in [-0.15, -0.1) is 0 Å². The Labute approximate surface area is 128 Å². The van der Waals surface area contributed by atoms with E-state index in [4.69, 9.17) is 0 Å². The Bertz CT molecular complexity index is 572. The second-order valence-electron chi connectivity index (χ2n) is 6.79. The lowest BCUT2D eigenvalue weighted by molar-refractivity contribution is 0.252. The number of aromatic nitrogens is 1. The van der Waals surface area contributed by atoms with Gasteiger partial charge < -0.3 is 9.67 Å². The number of aliphatic hydroxyl groups is 1. The lowest BCUT2D eigenvalue weighted by Gasteiger charge is -2.29. The zero-order valence-electron chi connectivity index (χ0n) is 13.8. The average molecular weight is 316 g/mol. The van der Waals surface area contributed by atoms with Crippen LogP contribution < -0.4 is 4.72 Å². The van der Waals surface area contributed by atoms with E-state index in [-0.39, 0.29) is 23.0 Å². The van der Waals surface area contributed by atoms with E-state index < -0.39 is 10.0 Å². The Morgan fingerprint density at radius 3 is 2.24 bits per heavy atom. The molecular formula is C15H28N2O3S. The van der Waals surface area contributed by atoms with Crippen LogP contribution in [0.25, 0.3) is 0 Å². The van der Waals surface area contributed by atoms with Crippen molar-refractivity contribution in [2.45, 2.75) is 59.1 Å². The molecule has 0 bridgehead atoms. The summed E-state index contributed by atoms with van der Waals surface area (Å²) in [6.45, 7) is 12.3. The highest BCUT2D eigenvalue weighted by atomic mass is 32.2. The molecule has 1 aromatic heterocycles. The van der Waals surface area contributed by atoms with Crippen LogP contribution in [-0.4, -0.2) is 24.6 Å². The normalized spacial score (nSPS) is 13.4. The molecule has 122 valence electrons. The smallest absolute Gasteiger partial charge is 0.242 e. The van der Waals surface area contributed by atoms with Gasteiger partial charge in [-0.3, -0.25) is 0 Å². The summed E-state index contributed by atoms with van der Waals surface area (Å²) in [6.07, 6.45) is 1.58. The summed E-state index contributed by atoms with van der Waals surface area (Å²) in [5.41, 5.74) is 0.488. The first-order valence-electron chi connectivity index (χ1n) is 7.32. The van der Waals surface area contributed by atoms with Crippen LogP contribution in [0.3, 0.4) is 0 Å². The fourth-order valence-electron chi connectivity index (χ4n) is 1.82. The van der Waals surface area contributed by atoms with Crippen molar-refractivity contribution in [1.82, 2.24) is 9.29 Å². The highest BCUT2D eigenvalue weighted by Crippen LogP contribution is 2.26. The van der Waals surface area contributed by atoms with Crippen molar-refractivity contribution >= 4 is 10.0 Å². The van der Waals surface area contributed by atoms with E-state index in [9.17, 15) is 13.5 Å². The molecule has 0 aromatic carbocycles. The number of nitrogens with zero attached hydrogens (tertiary/aromatic N) is 1. The van der Waals surface area contributed by atoms with E-state index >= 15 is 0 Å². The lowest BCUT2D eigenvalue weighted by atomic mass is 9.81. The number of rotatable bonds is 7. The second kappa shape index (κ2) is 6.50. The Morgan fingerprint density at radius 1 is 1.29 bits per heavy atom. The van der Waals surface area contributed by atoms with Gasteiger partial charge in [0, 0.05) is 24.5 Å².